The first kappa shape index (κ1) is 17.8. The molecule has 2 aromatic carbocycles. The molecule has 0 unspecified atom stereocenters. The van der Waals surface area contributed by atoms with Gasteiger partial charge in [-0.3, -0.25) is 4.79 Å². The number of carbonyl (C=O) groups excluding carboxylic acids is 1. The van der Waals surface area contributed by atoms with Crippen molar-refractivity contribution < 1.29 is 13.9 Å². The highest BCUT2D eigenvalue weighted by molar-refractivity contribution is 7.98. The summed E-state index contributed by atoms with van der Waals surface area (Å²) >= 11 is 2.86. The van der Waals surface area contributed by atoms with Crippen LogP contribution < -0.4 is 4.80 Å². The molecule has 0 aliphatic carbocycles. The Morgan fingerprint density at radius 3 is 2.88 bits per heavy atom. The summed E-state index contributed by atoms with van der Waals surface area (Å²) in [5.41, 5.74) is 0.969. The highest BCUT2D eigenvalue weighted by Crippen LogP contribution is 2.21. The molecule has 0 aliphatic heterocycles. The maximum Gasteiger partial charge on any atom is 0.279 e. The van der Waals surface area contributed by atoms with E-state index in [4.69, 9.17) is 4.74 Å². The number of hydrogen-bond donors (Lipinski definition) is 0. The minimum absolute atomic E-state index is 0.330. The zero-order chi connectivity index (χ0) is 17.8. The number of thiazole rings is 1. The van der Waals surface area contributed by atoms with Crippen molar-refractivity contribution in [3.05, 3.63) is 58.6 Å². The molecule has 25 heavy (non-hydrogen) atoms. The van der Waals surface area contributed by atoms with Crippen molar-refractivity contribution in [2.75, 3.05) is 20.0 Å². The number of methoxy groups -OCH3 is 1. The predicted octanol–water partition coefficient (Wildman–Crippen LogP) is 3.95. The standard InChI is InChI=1S/C18H17FN2O2S2/c1-23-10-9-21-16-14(19)7-4-8-15(16)25-18(21)20-17(22)12-5-3-6-13(11-12)24-2/h3-8,11H,9-10H2,1-2H3. The summed E-state index contributed by atoms with van der Waals surface area (Å²) < 4.78 is 21.8. The Morgan fingerprint density at radius 2 is 2.12 bits per heavy atom. The molecule has 0 N–H and O–H groups in total. The predicted molar refractivity (Wildman–Crippen MR) is 99.8 cm³/mol. The van der Waals surface area contributed by atoms with Crippen LogP contribution in [0.2, 0.25) is 0 Å². The van der Waals surface area contributed by atoms with Crippen molar-refractivity contribution in [1.29, 1.82) is 0 Å². The number of halogens is 1. The van der Waals surface area contributed by atoms with Crippen molar-refractivity contribution in [1.82, 2.24) is 4.57 Å². The van der Waals surface area contributed by atoms with E-state index in [1.54, 1.807) is 35.6 Å². The second-order valence-corrected chi connectivity index (χ2v) is 7.15. The molecule has 0 atom stereocenters. The normalized spacial score (nSPS) is 12.0. The van der Waals surface area contributed by atoms with Gasteiger partial charge in [0.15, 0.2) is 4.80 Å². The van der Waals surface area contributed by atoms with Gasteiger partial charge in [0.25, 0.3) is 5.91 Å². The van der Waals surface area contributed by atoms with E-state index in [1.807, 2.05) is 30.5 Å². The van der Waals surface area contributed by atoms with Crippen LogP contribution in [0.1, 0.15) is 10.4 Å². The number of benzene rings is 2. The summed E-state index contributed by atoms with van der Waals surface area (Å²) in [6.07, 6.45) is 1.95. The van der Waals surface area contributed by atoms with Crippen LogP contribution in [0.25, 0.3) is 10.2 Å². The molecule has 0 bridgehead atoms. The fourth-order valence-corrected chi connectivity index (χ4v) is 4.00. The Balaban J connectivity index is 2.11. The average molecular weight is 376 g/mol. The van der Waals surface area contributed by atoms with Gasteiger partial charge in [0, 0.05) is 24.1 Å². The summed E-state index contributed by atoms with van der Waals surface area (Å²) in [6.45, 7) is 0.831. The number of thioether (sulfide) groups is 1. The summed E-state index contributed by atoms with van der Waals surface area (Å²) in [6, 6.07) is 12.2. The van der Waals surface area contributed by atoms with Crippen molar-refractivity contribution in [2.24, 2.45) is 4.99 Å². The number of fused-ring (bicyclic) bond motifs is 1. The first-order valence-corrected chi connectivity index (χ1v) is 9.68. The first-order valence-electron chi connectivity index (χ1n) is 7.64. The molecular formula is C18H17FN2O2S2. The molecule has 0 fully saturated rings. The molecule has 0 saturated heterocycles. The number of ether oxygens (including phenoxy) is 1. The monoisotopic (exact) mass is 376 g/mol. The molecule has 0 spiro atoms. The third-order valence-corrected chi connectivity index (χ3v) is 5.45. The Hall–Kier alpha value is -1.96. The molecule has 1 aromatic heterocycles. The number of hydrogen-bond acceptors (Lipinski definition) is 4. The van der Waals surface area contributed by atoms with Gasteiger partial charge < -0.3 is 9.30 Å². The molecule has 0 saturated carbocycles. The number of carbonyl (C=O) groups is 1. The smallest absolute Gasteiger partial charge is 0.279 e. The fourth-order valence-electron chi connectivity index (χ4n) is 2.47. The summed E-state index contributed by atoms with van der Waals surface area (Å²) in [7, 11) is 1.58. The molecule has 1 heterocycles. The second-order valence-electron chi connectivity index (χ2n) is 5.26. The molecule has 3 aromatic rings. The van der Waals surface area contributed by atoms with Crippen LogP contribution >= 0.6 is 23.1 Å². The molecule has 0 aliphatic rings. The zero-order valence-corrected chi connectivity index (χ0v) is 15.5. The lowest BCUT2D eigenvalue weighted by Crippen LogP contribution is -2.19. The molecule has 130 valence electrons. The maximum atomic E-state index is 14.3. The van der Waals surface area contributed by atoms with Gasteiger partial charge in [0.2, 0.25) is 0 Å². The third-order valence-electron chi connectivity index (χ3n) is 3.68. The van der Waals surface area contributed by atoms with Crippen LogP contribution in [0.4, 0.5) is 4.39 Å². The number of aromatic nitrogens is 1. The first-order chi connectivity index (χ1) is 12.1. The van der Waals surface area contributed by atoms with E-state index in [-0.39, 0.29) is 11.7 Å². The number of rotatable bonds is 5. The van der Waals surface area contributed by atoms with Crippen LogP contribution in [-0.4, -0.2) is 30.4 Å². The van der Waals surface area contributed by atoms with E-state index < -0.39 is 0 Å². The molecule has 4 nitrogen and oxygen atoms in total. The van der Waals surface area contributed by atoms with Gasteiger partial charge in [-0.1, -0.05) is 23.5 Å². The van der Waals surface area contributed by atoms with Crippen molar-refractivity contribution >= 4 is 39.2 Å². The van der Waals surface area contributed by atoms with Crippen LogP contribution in [0.5, 0.6) is 0 Å². The fraction of sp³-hybridized carbons (Fsp3) is 0.222. The number of amides is 1. The number of para-hydroxylation sites is 1. The minimum Gasteiger partial charge on any atom is -0.383 e. The topological polar surface area (TPSA) is 43.6 Å². The van der Waals surface area contributed by atoms with Gasteiger partial charge in [0.1, 0.15) is 5.82 Å². The van der Waals surface area contributed by atoms with Gasteiger partial charge >= 0.3 is 0 Å². The Labute approximate surface area is 153 Å². The maximum absolute atomic E-state index is 14.3. The van der Waals surface area contributed by atoms with E-state index in [0.717, 1.165) is 9.60 Å². The lowest BCUT2D eigenvalue weighted by atomic mass is 10.2. The van der Waals surface area contributed by atoms with E-state index in [1.165, 1.54) is 17.4 Å². The zero-order valence-electron chi connectivity index (χ0n) is 13.9. The molecule has 0 radical (unpaired) electrons. The van der Waals surface area contributed by atoms with E-state index >= 15 is 0 Å². The van der Waals surface area contributed by atoms with E-state index in [9.17, 15) is 9.18 Å². The highest BCUT2D eigenvalue weighted by atomic mass is 32.2. The van der Waals surface area contributed by atoms with Gasteiger partial charge in [-0.05, 0) is 36.6 Å². The Kier molecular flexibility index (Phi) is 5.67. The van der Waals surface area contributed by atoms with E-state index in [2.05, 4.69) is 4.99 Å². The lowest BCUT2D eigenvalue weighted by molar-refractivity contribution is 0.0997. The largest absolute Gasteiger partial charge is 0.383 e. The molecule has 7 heteroatoms. The molecule has 3 rings (SSSR count). The SMILES string of the molecule is COCCn1c(=NC(=O)c2cccc(SC)c2)sc2cccc(F)c21. The lowest BCUT2D eigenvalue weighted by Gasteiger charge is -2.05. The highest BCUT2D eigenvalue weighted by Gasteiger charge is 2.12. The van der Waals surface area contributed by atoms with Gasteiger partial charge in [-0.25, -0.2) is 4.39 Å². The minimum atomic E-state index is -0.339. The van der Waals surface area contributed by atoms with Gasteiger partial charge in [0.05, 0.1) is 16.8 Å². The van der Waals surface area contributed by atoms with Crippen LogP contribution in [-0.2, 0) is 11.3 Å². The van der Waals surface area contributed by atoms with Crippen LogP contribution in [0.15, 0.2) is 52.4 Å². The molecule has 1 amide bonds. The second kappa shape index (κ2) is 7.95. The average Bonchev–Trinajstić information content (AvgIpc) is 2.98. The summed E-state index contributed by atoms with van der Waals surface area (Å²) in [4.78, 5) is 18.3. The molecular weight excluding hydrogens is 359 g/mol. The quantitative estimate of drug-likeness (QED) is 0.633. The van der Waals surface area contributed by atoms with Gasteiger partial charge in [-0.2, -0.15) is 4.99 Å². The number of nitrogens with zero attached hydrogens (tertiary/aromatic N) is 2. The van der Waals surface area contributed by atoms with Crippen LogP contribution in [0, 0.1) is 5.82 Å². The van der Waals surface area contributed by atoms with Crippen LogP contribution in [0.3, 0.4) is 0 Å². The summed E-state index contributed by atoms with van der Waals surface area (Å²) in [5, 5.41) is 0. The van der Waals surface area contributed by atoms with Gasteiger partial charge in [-0.15, -0.1) is 11.8 Å². The third kappa shape index (κ3) is 3.84. The summed E-state index contributed by atoms with van der Waals surface area (Å²) in [5.74, 6) is -0.669. The Bertz CT molecular complexity index is 979. The van der Waals surface area contributed by atoms with Crippen molar-refractivity contribution in [3.63, 3.8) is 0 Å². The Morgan fingerprint density at radius 1 is 1.32 bits per heavy atom. The van der Waals surface area contributed by atoms with E-state index in [0.29, 0.717) is 29.0 Å². The van der Waals surface area contributed by atoms with Crippen molar-refractivity contribution in [3.8, 4) is 0 Å². The van der Waals surface area contributed by atoms with Crippen molar-refractivity contribution in [2.45, 2.75) is 11.4 Å².